The van der Waals surface area contributed by atoms with Crippen LogP contribution in [0, 0.1) is 5.82 Å². The third-order valence-corrected chi connectivity index (χ3v) is 6.51. The number of rotatable bonds is 9. The number of methoxy groups -OCH3 is 1. The Morgan fingerprint density at radius 2 is 1.91 bits per heavy atom. The Morgan fingerprint density at radius 1 is 1.15 bits per heavy atom. The van der Waals surface area contributed by atoms with Crippen LogP contribution in [0.3, 0.4) is 0 Å². The van der Waals surface area contributed by atoms with E-state index >= 15 is 0 Å². The SMILES string of the molecule is COc1ccc(CN(C)C(=O)CSc2nnc(N3CCOCC3)n2Cc2ccccc2)cc1F. The zero-order valence-corrected chi connectivity index (χ0v) is 20.1. The quantitative estimate of drug-likeness (QED) is 0.432. The maximum atomic E-state index is 14.0. The Bertz CT molecular complexity index is 1110. The number of amides is 1. The predicted molar refractivity (Wildman–Crippen MR) is 129 cm³/mol. The molecule has 1 fully saturated rings. The van der Waals surface area contributed by atoms with E-state index in [1.807, 2.05) is 18.2 Å². The lowest BCUT2D eigenvalue weighted by Crippen LogP contribution is -2.38. The fourth-order valence-corrected chi connectivity index (χ4v) is 4.57. The largest absolute Gasteiger partial charge is 0.494 e. The molecule has 2 aromatic carbocycles. The molecule has 34 heavy (non-hydrogen) atoms. The number of aromatic nitrogens is 3. The van der Waals surface area contributed by atoms with Crippen molar-refractivity contribution in [2.45, 2.75) is 18.2 Å². The summed E-state index contributed by atoms with van der Waals surface area (Å²) in [7, 11) is 3.13. The van der Waals surface area contributed by atoms with Crippen molar-refractivity contribution in [3.63, 3.8) is 0 Å². The highest BCUT2D eigenvalue weighted by atomic mass is 32.2. The van der Waals surface area contributed by atoms with E-state index in [1.165, 1.54) is 24.9 Å². The van der Waals surface area contributed by atoms with Gasteiger partial charge in [0.2, 0.25) is 11.9 Å². The van der Waals surface area contributed by atoms with Crippen molar-refractivity contribution in [1.82, 2.24) is 19.7 Å². The summed E-state index contributed by atoms with van der Waals surface area (Å²) < 4.78 is 26.5. The van der Waals surface area contributed by atoms with Gasteiger partial charge in [0.1, 0.15) is 0 Å². The van der Waals surface area contributed by atoms with E-state index in [-0.39, 0.29) is 17.4 Å². The molecule has 1 saturated heterocycles. The van der Waals surface area contributed by atoms with Gasteiger partial charge in [-0.3, -0.25) is 9.36 Å². The molecule has 1 aromatic heterocycles. The molecule has 0 radical (unpaired) electrons. The molecule has 1 amide bonds. The Balaban J connectivity index is 1.44. The fraction of sp³-hybridized carbons (Fsp3) is 0.375. The minimum Gasteiger partial charge on any atom is -0.494 e. The molecule has 2 heterocycles. The summed E-state index contributed by atoms with van der Waals surface area (Å²) in [5, 5.41) is 9.51. The van der Waals surface area contributed by atoms with Crippen molar-refractivity contribution in [2.24, 2.45) is 0 Å². The summed E-state index contributed by atoms with van der Waals surface area (Å²) in [5.74, 6) is 0.639. The lowest BCUT2D eigenvalue weighted by molar-refractivity contribution is -0.127. The van der Waals surface area contributed by atoms with E-state index in [0.717, 1.165) is 24.6 Å². The summed E-state index contributed by atoms with van der Waals surface area (Å²) >= 11 is 1.35. The number of benzene rings is 2. The molecule has 180 valence electrons. The van der Waals surface area contributed by atoms with Crippen LogP contribution in [0.2, 0.25) is 0 Å². The molecule has 1 aliphatic rings. The highest BCUT2D eigenvalue weighted by Crippen LogP contribution is 2.25. The fourth-order valence-electron chi connectivity index (χ4n) is 3.70. The van der Waals surface area contributed by atoms with Gasteiger partial charge in [-0.05, 0) is 23.3 Å². The highest BCUT2D eigenvalue weighted by molar-refractivity contribution is 7.99. The number of halogens is 1. The second-order valence-corrected chi connectivity index (χ2v) is 8.90. The first kappa shape index (κ1) is 24.0. The standard InChI is InChI=1S/C24H28FN5O3S/c1-28(15-19-8-9-21(32-2)20(25)14-19)22(31)17-34-24-27-26-23(29-10-12-33-13-11-29)30(24)16-18-6-4-3-5-7-18/h3-9,14H,10-13,15-17H2,1-2H3. The molecule has 3 aromatic rings. The number of ether oxygens (including phenoxy) is 2. The van der Waals surface area contributed by atoms with Gasteiger partial charge in [-0.2, -0.15) is 0 Å². The Morgan fingerprint density at radius 3 is 2.62 bits per heavy atom. The molecule has 4 rings (SSSR count). The number of hydrogen-bond acceptors (Lipinski definition) is 7. The molecule has 0 saturated carbocycles. The van der Waals surface area contributed by atoms with Crippen molar-refractivity contribution in [3.8, 4) is 5.75 Å². The van der Waals surface area contributed by atoms with Crippen LogP contribution in [0.1, 0.15) is 11.1 Å². The minimum absolute atomic E-state index is 0.0802. The van der Waals surface area contributed by atoms with E-state index in [9.17, 15) is 9.18 Å². The van der Waals surface area contributed by atoms with Crippen molar-refractivity contribution in [2.75, 3.05) is 51.1 Å². The summed E-state index contributed by atoms with van der Waals surface area (Å²) in [6, 6.07) is 14.8. The molecule has 0 spiro atoms. The smallest absolute Gasteiger partial charge is 0.233 e. The summed E-state index contributed by atoms with van der Waals surface area (Å²) in [4.78, 5) is 16.5. The first-order valence-corrected chi connectivity index (χ1v) is 12.0. The van der Waals surface area contributed by atoms with Gasteiger partial charge in [-0.25, -0.2) is 4.39 Å². The lowest BCUT2D eigenvalue weighted by Gasteiger charge is -2.28. The maximum absolute atomic E-state index is 14.0. The van der Waals surface area contributed by atoms with Crippen LogP contribution in [0.25, 0.3) is 0 Å². The number of carbonyl (C=O) groups excluding carboxylic acids is 1. The van der Waals surface area contributed by atoms with Crippen molar-refractivity contribution >= 4 is 23.6 Å². The Kier molecular flexibility index (Phi) is 8.02. The zero-order valence-electron chi connectivity index (χ0n) is 19.3. The number of carbonyl (C=O) groups is 1. The van der Waals surface area contributed by atoms with Crippen LogP contribution in [-0.4, -0.2) is 71.8 Å². The molecular weight excluding hydrogens is 457 g/mol. The molecule has 0 atom stereocenters. The van der Waals surface area contributed by atoms with E-state index in [2.05, 4.69) is 31.8 Å². The van der Waals surface area contributed by atoms with Crippen LogP contribution in [-0.2, 0) is 22.6 Å². The molecule has 0 aliphatic carbocycles. The second kappa shape index (κ2) is 11.3. The molecular formula is C24H28FN5O3S. The van der Waals surface area contributed by atoms with Crippen LogP contribution in [0.4, 0.5) is 10.3 Å². The monoisotopic (exact) mass is 485 g/mol. The Hall–Kier alpha value is -3.11. The number of anilines is 1. The molecule has 1 aliphatic heterocycles. The van der Waals surface area contributed by atoms with Gasteiger partial charge in [-0.15, -0.1) is 10.2 Å². The first-order valence-electron chi connectivity index (χ1n) is 11.0. The molecule has 0 N–H and O–H groups in total. The Labute approximate surface area is 202 Å². The molecule has 10 heteroatoms. The van der Waals surface area contributed by atoms with Gasteiger partial charge < -0.3 is 19.3 Å². The predicted octanol–water partition coefficient (Wildman–Crippen LogP) is 3.06. The van der Waals surface area contributed by atoms with E-state index in [4.69, 9.17) is 9.47 Å². The minimum atomic E-state index is -0.445. The zero-order chi connectivity index (χ0) is 23.9. The van der Waals surface area contributed by atoms with Crippen molar-refractivity contribution in [1.29, 1.82) is 0 Å². The number of thioether (sulfide) groups is 1. The highest BCUT2D eigenvalue weighted by Gasteiger charge is 2.22. The average molecular weight is 486 g/mol. The summed E-state index contributed by atoms with van der Waals surface area (Å²) in [5.41, 5.74) is 1.82. The van der Waals surface area contributed by atoms with Gasteiger partial charge >= 0.3 is 0 Å². The number of nitrogens with zero attached hydrogens (tertiary/aromatic N) is 5. The van der Waals surface area contributed by atoms with Crippen molar-refractivity contribution in [3.05, 3.63) is 65.5 Å². The summed E-state index contributed by atoms with van der Waals surface area (Å²) in [6.45, 7) is 3.70. The molecule has 8 nitrogen and oxygen atoms in total. The van der Waals surface area contributed by atoms with Gasteiger partial charge in [0.25, 0.3) is 0 Å². The van der Waals surface area contributed by atoms with Crippen LogP contribution < -0.4 is 9.64 Å². The normalized spacial score (nSPS) is 13.7. The van der Waals surface area contributed by atoms with Gasteiger partial charge in [0.15, 0.2) is 16.7 Å². The van der Waals surface area contributed by atoms with Gasteiger partial charge in [0, 0.05) is 26.7 Å². The van der Waals surface area contributed by atoms with E-state index in [0.29, 0.717) is 37.0 Å². The summed E-state index contributed by atoms with van der Waals surface area (Å²) in [6.07, 6.45) is 0. The van der Waals surface area contributed by atoms with Crippen LogP contribution in [0.5, 0.6) is 5.75 Å². The maximum Gasteiger partial charge on any atom is 0.233 e. The molecule has 0 bridgehead atoms. The van der Waals surface area contributed by atoms with Gasteiger partial charge in [-0.1, -0.05) is 48.2 Å². The number of morpholine rings is 1. The molecule has 0 unspecified atom stereocenters. The second-order valence-electron chi connectivity index (χ2n) is 7.96. The first-order chi connectivity index (χ1) is 16.5. The van der Waals surface area contributed by atoms with Crippen molar-refractivity contribution < 1.29 is 18.7 Å². The van der Waals surface area contributed by atoms with Gasteiger partial charge in [0.05, 0.1) is 32.6 Å². The van der Waals surface area contributed by atoms with Crippen LogP contribution in [0.15, 0.2) is 53.7 Å². The van der Waals surface area contributed by atoms with E-state index < -0.39 is 5.82 Å². The van der Waals surface area contributed by atoms with Crippen LogP contribution >= 0.6 is 11.8 Å². The van der Waals surface area contributed by atoms with E-state index in [1.54, 1.807) is 24.1 Å². The average Bonchev–Trinajstić information content (AvgIpc) is 3.26. The third kappa shape index (κ3) is 5.87. The lowest BCUT2D eigenvalue weighted by atomic mass is 10.2. The third-order valence-electron chi connectivity index (χ3n) is 5.56. The topological polar surface area (TPSA) is 72.7 Å². The number of hydrogen-bond donors (Lipinski definition) is 0.